The molecule has 104 heavy (non-hydrogen) atoms. The highest BCUT2D eigenvalue weighted by molar-refractivity contribution is 6.13. The SMILES string of the molecule is Cn1c(COc2ccc(CO)cc2NC(=O)CCC(=O)CCOCCOCCCC(=O)CCN2C(=O)C=CC2=O)cnc1[N+](=O)[O-].Cn1c(COc2ccc(COC(=O)Oc3ccc([N+](=O)[O-])cc3)cc2NC(=O)CCC(=O)CCOCCOCCCC(=O)CCN2C(=O)C=CC2=O)cnc1[N+](=O)[O-]. The summed E-state index contributed by atoms with van der Waals surface area (Å²) in [5, 5.41) is 47.9. The van der Waals surface area contributed by atoms with Gasteiger partial charge in [-0.15, -0.1) is 0 Å². The minimum Gasteiger partial charge on any atom is -0.484 e. The molecule has 0 spiro atoms. The lowest BCUT2D eigenvalue weighted by molar-refractivity contribution is -0.396. The van der Waals surface area contributed by atoms with Gasteiger partial charge in [0.1, 0.15) is 72.6 Å². The molecule has 2 aromatic heterocycles. The number of aliphatic hydroxyl groups excluding tert-OH is 1. The summed E-state index contributed by atoms with van der Waals surface area (Å²) < 4.78 is 46.0. The third kappa shape index (κ3) is 27.7. The zero-order valence-corrected chi connectivity index (χ0v) is 56.8. The number of ether oxygens (including phenoxy) is 8. The van der Waals surface area contributed by atoms with E-state index in [9.17, 15) is 88.2 Å². The van der Waals surface area contributed by atoms with Crippen LogP contribution in [0.1, 0.15) is 99.6 Å². The molecule has 5 aromatic rings. The predicted molar refractivity (Wildman–Crippen MR) is 359 cm³/mol. The molecule has 0 fully saturated rings. The number of nitro groups is 3. The van der Waals surface area contributed by atoms with Gasteiger partial charge in [-0.2, -0.15) is 0 Å². The zero-order valence-electron chi connectivity index (χ0n) is 56.8. The van der Waals surface area contributed by atoms with Crippen molar-refractivity contribution in [3.8, 4) is 17.2 Å². The molecule has 37 nitrogen and oxygen atoms in total. The van der Waals surface area contributed by atoms with E-state index in [1.54, 1.807) is 12.1 Å². The van der Waals surface area contributed by atoms with Gasteiger partial charge in [0.2, 0.25) is 11.8 Å². The largest absolute Gasteiger partial charge is 0.514 e. The maximum absolute atomic E-state index is 12.9. The van der Waals surface area contributed by atoms with Gasteiger partial charge in [0, 0.05) is 127 Å². The molecule has 4 heterocycles. The zero-order chi connectivity index (χ0) is 75.5. The van der Waals surface area contributed by atoms with Gasteiger partial charge in [-0.1, -0.05) is 22.1 Å². The number of rotatable bonds is 47. The molecule has 0 aliphatic carbocycles. The lowest BCUT2D eigenvalue weighted by Gasteiger charge is -2.14. The number of nitrogens with zero attached hydrogens (tertiary/aromatic N) is 9. The van der Waals surface area contributed by atoms with Crippen molar-refractivity contribution in [2.75, 3.05) is 76.6 Å². The minimum atomic E-state index is -1.10. The highest BCUT2D eigenvalue weighted by Crippen LogP contribution is 2.30. The number of hydrogen-bond donors (Lipinski definition) is 3. The summed E-state index contributed by atoms with van der Waals surface area (Å²) in [6.45, 7) is 1.19. The smallest absolute Gasteiger partial charge is 0.484 e. The molecule has 0 saturated heterocycles. The van der Waals surface area contributed by atoms with Crippen molar-refractivity contribution >= 4 is 93.7 Å². The number of hydrogen-bond acceptors (Lipinski definition) is 28. The second kappa shape index (κ2) is 42.6. The van der Waals surface area contributed by atoms with Crippen LogP contribution in [-0.4, -0.2) is 179 Å². The normalized spacial score (nSPS) is 12.3. The number of anilines is 2. The lowest BCUT2D eigenvalue weighted by atomic mass is 10.1. The van der Waals surface area contributed by atoms with Gasteiger partial charge in [-0.25, -0.2) is 13.9 Å². The molecular weight excluding hydrogens is 1370 g/mol. The van der Waals surface area contributed by atoms with Gasteiger partial charge in [0.25, 0.3) is 29.3 Å². The number of non-ortho nitro benzene ring substituents is 1. The Bertz CT molecular complexity index is 3940. The average Bonchev–Trinajstić information content (AvgIpc) is 1.44. The van der Waals surface area contributed by atoms with Crippen LogP contribution in [0.2, 0.25) is 0 Å². The maximum atomic E-state index is 12.9. The monoisotopic (exact) mass is 1450 g/mol. The molecule has 37 heteroatoms. The number of amides is 6. The summed E-state index contributed by atoms with van der Waals surface area (Å²) in [7, 11) is 2.93. The number of aliphatic hydroxyl groups is 1. The van der Waals surface area contributed by atoms with Gasteiger partial charge in [0.05, 0.1) is 76.6 Å². The van der Waals surface area contributed by atoms with Crippen molar-refractivity contribution in [2.24, 2.45) is 14.1 Å². The van der Waals surface area contributed by atoms with Crippen LogP contribution in [0.3, 0.4) is 0 Å². The summed E-state index contributed by atoms with van der Waals surface area (Å²) in [6, 6.07) is 14.0. The molecule has 3 N–H and O–H groups in total. The number of nitrogens with one attached hydrogen (secondary N) is 2. The number of imide groups is 2. The highest BCUT2D eigenvalue weighted by atomic mass is 16.7. The van der Waals surface area contributed by atoms with Crippen LogP contribution in [0, 0.1) is 30.3 Å². The number of Topliss-reactive ketones (excluding diaryl/α,β-unsaturated/α-hetero) is 4. The van der Waals surface area contributed by atoms with Crippen molar-refractivity contribution in [1.29, 1.82) is 0 Å². The van der Waals surface area contributed by atoms with Crippen molar-refractivity contribution in [3.05, 3.63) is 150 Å². The van der Waals surface area contributed by atoms with Crippen LogP contribution in [0.25, 0.3) is 0 Å². The molecule has 2 aliphatic rings. The van der Waals surface area contributed by atoms with Crippen LogP contribution in [-0.2, 0) is 112 Å². The Balaban J connectivity index is 0.000000335. The Morgan fingerprint density at radius 2 is 0.875 bits per heavy atom. The van der Waals surface area contributed by atoms with Crippen LogP contribution in [0.5, 0.6) is 17.2 Å². The van der Waals surface area contributed by atoms with Gasteiger partial charge in [-0.3, -0.25) is 67.9 Å². The first kappa shape index (κ1) is 81.3. The second-order valence-corrected chi connectivity index (χ2v) is 22.8. The van der Waals surface area contributed by atoms with E-state index >= 15 is 0 Å². The number of carbonyl (C=O) groups is 11. The molecule has 7 rings (SSSR count). The molecule has 6 amide bonds. The van der Waals surface area contributed by atoms with Crippen LogP contribution >= 0.6 is 0 Å². The standard InChI is InChI=1S/C37H40N6O15.C30H37N5O11/c1-40-27(22-38-36(40)43(52)53)24-56-32-10-4-25(23-57-37(49)58-30-8-5-26(6-9-30)42(50)51)21-31(32)39-33(46)11-7-29(45)15-18-55-20-19-54-17-2-3-28(44)14-16-41-34(47)12-13-35(41)48;1-33-22(18-31-30(33)35(42)43)20-46-26-6-4-21(19-36)17-25(26)32-27(39)7-5-24(38)11-14-45-16-15-44-13-2-3-23(37)10-12-34-28(40)8-9-29(34)41/h4-6,8-10,12-13,21-22H,2-3,7,11,14-20,23-24H2,1H3,(H,39,46);4,6,8-9,17-18,36H,2-3,5,7,10-16,19-20H2,1H3,(H,32,39). The number of ketones is 4. The van der Waals surface area contributed by atoms with Crippen molar-refractivity contribution in [2.45, 2.75) is 103 Å². The molecule has 0 saturated carbocycles. The van der Waals surface area contributed by atoms with Crippen molar-refractivity contribution in [3.63, 3.8) is 0 Å². The fourth-order valence-corrected chi connectivity index (χ4v) is 9.44. The van der Waals surface area contributed by atoms with E-state index in [1.165, 1.54) is 96.3 Å². The predicted octanol–water partition coefficient (Wildman–Crippen LogP) is 5.68. The summed E-state index contributed by atoms with van der Waals surface area (Å²) in [6.07, 6.45) is 7.63. The number of benzene rings is 3. The Hall–Kier alpha value is -11.7. The fraction of sp³-hybridized carbons (Fsp3) is 0.418. The Labute approximate surface area is 592 Å². The lowest BCUT2D eigenvalue weighted by Crippen LogP contribution is -2.32. The molecule has 556 valence electrons. The Morgan fingerprint density at radius 1 is 0.471 bits per heavy atom. The molecule has 3 aromatic carbocycles. The van der Waals surface area contributed by atoms with Crippen LogP contribution in [0.4, 0.5) is 33.8 Å². The molecular formula is C67H77N11O26. The van der Waals surface area contributed by atoms with E-state index < -0.39 is 62.3 Å². The summed E-state index contributed by atoms with van der Waals surface area (Å²) in [5.74, 6) is -3.49. The molecule has 0 radical (unpaired) electrons. The van der Waals surface area contributed by atoms with Crippen molar-refractivity contribution in [1.82, 2.24) is 28.9 Å². The van der Waals surface area contributed by atoms with E-state index in [0.29, 0.717) is 48.6 Å². The molecule has 0 bridgehead atoms. The van der Waals surface area contributed by atoms with Crippen LogP contribution in [0.15, 0.2) is 97.4 Å². The van der Waals surface area contributed by atoms with Gasteiger partial charge >= 0.3 is 18.1 Å². The maximum Gasteiger partial charge on any atom is 0.514 e. The first-order chi connectivity index (χ1) is 49.9. The van der Waals surface area contributed by atoms with Gasteiger partial charge < -0.3 is 73.9 Å². The van der Waals surface area contributed by atoms with E-state index in [0.717, 1.165) is 21.9 Å². The third-order valence-electron chi connectivity index (χ3n) is 15.2. The first-order valence-electron chi connectivity index (χ1n) is 32.4. The van der Waals surface area contributed by atoms with Gasteiger partial charge in [-0.05, 0) is 70.2 Å². The summed E-state index contributed by atoms with van der Waals surface area (Å²) in [4.78, 5) is 173. The highest BCUT2D eigenvalue weighted by Gasteiger charge is 2.26. The summed E-state index contributed by atoms with van der Waals surface area (Å²) >= 11 is 0. The topological polar surface area (TPSA) is 477 Å². The quantitative estimate of drug-likeness (QED) is 0.0105. The molecule has 0 atom stereocenters. The van der Waals surface area contributed by atoms with E-state index in [2.05, 4.69) is 20.6 Å². The second-order valence-electron chi connectivity index (χ2n) is 22.8. The Morgan fingerprint density at radius 3 is 1.28 bits per heavy atom. The summed E-state index contributed by atoms with van der Waals surface area (Å²) in [5.41, 5.74) is 1.95. The van der Waals surface area contributed by atoms with E-state index in [-0.39, 0.29) is 207 Å². The van der Waals surface area contributed by atoms with E-state index in [4.69, 9.17) is 37.9 Å². The number of aromatic nitrogens is 4. The van der Waals surface area contributed by atoms with Crippen LogP contribution < -0.4 is 24.8 Å². The Kier molecular flexibility index (Phi) is 33.3. The minimum absolute atomic E-state index is 0.00904. The first-order valence-corrected chi connectivity index (χ1v) is 32.4. The van der Waals surface area contributed by atoms with E-state index in [1.807, 2.05) is 0 Å². The number of imidazole rings is 2. The average molecular weight is 1450 g/mol. The third-order valence-corrected chi connectivity index (χ3v) is 15.2. The van der Waals surface area contributed by atoms with Gasteiger partial charge in [0.15, 0.2) is 11.4 Å². The molecule has 0 unspecified atom stereocenters. The number of carbonyl (C=O) groups excluding carboxylic acids is 11. The fourth-order valence-electron chi connectivity index (χ4n) is 9.44. The number of nitro benzene ring substituents is 1. The molecule has 2 aliphatic heterocycles. The van der Waals surface area contributed by atoms with Crippen molar-refractivity contribution < 1.29 is 111 Å².